The quantitative estimate of drug-likeness (QED) is 0.216. The molecule has 0 aliphatic carbocycles. The Kier molecular flexibility index (Phi) is 9.27. The molecule has 1 aromatic carbocycles. The number of para-hydroxylation sites is 1. The number of carbonyl (C=O) groups is 3. The highest BCUT2D eigenvalue weighted by Gasteiger charge is 2.74. The van der Waals surface area contributed by atoms with Crippen LogP contribution in [-0.4, -0.2) is 70.1 Å². The second-order valence-electron chi connectivity index (χ2n) is 10.3. The van der Waals surface area contributed by atoms with Crippen molar-refractivity contribution < 1.29 is 24.2 Å². The summed E-state index contributed by atoms with van der Waals surface area (Å²) in [6.45, 7) is 10.4. The number of halogens is 1. The molecule has 5 atom stereocenters. The monoisotopic (exact) mass is 560 g/mol. The number of rotatable bonds is 13. The first-order chi connectivity index (χ1) is 18.3. The number of aliphatic hydroxyl groups is 1. The summed E-state index contributed by atoms with van der Waals surface area (Å²) in [5.41, 5.74) is 1.47. The molecule has 1 N–H and O–H groups in total. The van der Waals surface area contributed by atoms with Crippen LogP contribution in [0, 0.1) is 18.8 Å². The lowest BCUT2D eigenvalue weighted by molar-refractivity contribution is -0.154. The Hall–Kier alpha value is -2.29. The van der Waals surface area contributed by atoms with Gasteiger partial charge in [0, 0.05) is 24.9 Å². The summed E-state index contributed by atoms with van der Waals surface area (Å²) in [5.74, 6) is -1.89. The zero-order valence-corrected chi connectivity index (χ0v) is 23.5. The van der Waals surface area contributed by atoms with Crippen LogP contribution < -0.4 is 4.90 Å². The Morgan fingerprint density at radius 2 is 2.08 bits per heavy atom. The molecule has 0 saturated carbocycles. The van der Waals surface area contributed by atoms with E-state index in [1.165, 1.54) is 0 Å². The zero-order valence-electron chi connectivity index (χ0n) is 21.9. The fraction of sp³-hybridized carbons (Fsp3) is 0.552. The lowest BCUT2D eigenvalue weighted by Gasteiger charge is -2.37. The smallest absolute Gasteiger partial charge is 0.310 e. The van der Waals surface area contributed by atoms with Crippen LogP contribution in [0.3, 0.4) is 0 Å². The van der Waals surface area contributed by atoms with Gasteiger partial charge in [-0.15, -0.1) is 24.9 Å². The van der Waals surface area contributed by atoms with Gasteiger partial charge in [0.1, 0.15) is 6.04 Å². The van der Waals surface area contributed by atoms with Gasteiger partial charge < -0.3 is 19.6 Å². The fourth-order valence-electron chi connectivity index (χ4n) is 6.38. The van der Waals surface area contributed by atoms with Gasteiger partial charge in [0.05, 0.1) is 33.9 Å². The van der Waals surface area contributed by atoms with Crippen molar-refractivity contribution in [3.63, 3.8) is 0 Å². The molecule has 206 valence electrons. The van der Waals surface area contributed by atoms with E-state index in [9.17, 15) is 19.5 Å². The van der Waals surface area contributed by atoms with E-state index in [-0.39, 0.29) is 42.8 Å². The Morgan fingerprint density at radius 3 is 2.76 bits per heavy atom. The number of unbranched alkanes of at least 4 members (excludes halogenated alkanes) is 2. The number of hydrogen-bond acceptors (Lipinski definition) is 6. The Balaban J connectivity index is 1.73. The van der Waals surface area contributed by atoms with Crippen LogP contribution in [0.2, 0.25) is 5.02 Å². The number of carbonyl (C=O) groups excluding carboxylic acids is 3. The first-order valence-corrected chi connectivity index (χ1v) is 14.6. The number of likely N-dealkylation sites (tertiary alicyclic amines) is 1. The third-order valence-corrected chi connectivity index (χ3v) is 10.2. The molecule has 0 aromatic heterocycles. The fourth-order valence-corrected chi connectivity index (χ4v) is 8.91. The molecule has 0 radical (unpaired) electrons. The van der Waals surface area contributed by atoms with Gasteiger partial charge in [-0.05, 0) is 57.1 Å². The van der Waals surface area contributed by atoms with Crippen molar-refractivity contribution in [3.05, 3.63) is 54.1 Å². The number of esters is 1. The van der Waals surface area contributed by atoms with Gasteiger partial charge in [0.15, 0.2) is 0 Å². The molecule has 1 spiro atoms. The maximum atomic E-state index is 14.5. The molecule has 1 aromatic rings. The van der Waals surface area contributed by atoms with Crippen LogP contribution >= 0.6 is 23.4 Å². The van der Waals surface area contributed by atoms with Crippen LogP contribution in [0.5, 0.6) is 0 Å². The van der Waals surface area contributed by atoms with Gasteiger partial charge in [-0.25, -0.2) is 0 Å². The van der Waals surface area contributed by atoms with E-state index in [0.717, 1.165) is 18.4 Å². The highest BCUT2D eigenvalue weighted by Crippen LogP contribution is 2.66. The number of aliphatic hydroxyl groups excluding tert-OH is 1. The zero-order chi connectivity index (χ0) is 27.4. The first kappa shape index (κ1) is 28.7. The average Bonchev–Trinajstić information content (AvgIpc) is 3.53. The number of amides is 2. The van der Waals surface area contributed by atoms with Crippen molar-refractivity contribution in [2.45, 2.75) is 61.5 Å². The van der Waals surface area contributed by atoms with E-state index in [1.54, 1.807) is 39.8 Å². The summed E-state index contributed by atoms with van der Waals surface area (Å²) in [4.78, 5) is 45.2. The summed E-state index contributed by atoms with van der Waals surface area (Å²) in [6.07, 6.45) is 7.37. The van der Waals surface area contributed by atoms with Gasteiger partial charge in [-0.1, -0.05) is 35.9 Å². The van der Waals surface area contributed by atoms with Crippen molar-refractivity contribution in [3.8, 4) is 0 Å². The minimum absolute atomic E-state index is 0.0538. The van der Waals surface area contributed by atoms with Gasteiger partial charge in [0.2, 0.25) is 5.91 Å². The summed E-state index contributed by atoms with van der Waals surface area (Å²) < 4.78 is 4.85. The molecule has 2 unspecified atom stereocenters. The number of ether oxygens (including phenoxy) is 1. The minimum Gasteiger partial charge on any atom is -0.465 e. The number of fused-ring (bicyclic) bond motifs is 1. The van der Waals surface area contributed by atoms with Crippen LogP contribution in [0.1, 0.15) is 44.1 Å². The van der Waals surface area contributed by atoms with Crippen molar-refractivity contribution >= 4 is 46.8 Å². The molecule has 3 aliphatic rings. The number of benzene rings is 1. The summed E-state index contributed by atoms with van der Waals surface area (Å²) >= 11 is 8.22. The normalized spacial score (nSPS) is 27.3. The van der Waals surface area contributed by atoms with Crippen LogP contribution in [-0.2, 0) is 19.1 Å². The summed E-state index contributed by atoms with van der Waals surface area (Å²) in [5, 5.41) is 9.64. The van der Waals surface area contributed by atoms with E-state index in [2.05, 4.69) is 13.2 Å². The Morgan fingerprint density at radius 1 is 1.29 bits per heavy atom. The third kappa shape index (κ3) is 5.03. The van der Waals surface area contributed by atoms with Crippen LogP contribution in [0.15, 0.2) is 43.5 Å². The van der Waals surface area contributed by atoms with Crippen molar-refractivity contribution in [1.82, 2.24) is 4.90 Å². The SMILES string of the molecule is C=CCCOC(=O)[C@@H]1[C@H]2C(=O)N(CCCCCO)C(C(=O)N(CC=C)c3c(C)cccc3Cl)C23CC[C@H]1S3. The van der Waals surface area contributed by atoms with Crippen LogP contribution in [0.25, 0.3) is 0 Å². The highest BCUT2D eigenvalue weighted by molar-refractivity contribution is 8.02. The molecule has 3 saturated heterocycles. The van der Waals surface area contributed by atoms with Crippen molar-refractivity contribution in [1.29, 1.82) is 0 Å². The highest BCUT2D eigenvalue weighted by atomic mass is 35.5. The Labute approximate surface area is 234 Å². The maximum absolute atomic E-state index is 14.5. The topological polar surface area (TPSA) is 87.1 Å². The number of nitrogens with zero attached hydrogens (tertiary/aromatic N) is 2. The van der Waals surface area contributed by atoms with Crippen LogP contribution in [0.4, 0.5) is 5.69 Å². The summed E-state index contributed by atoms with van der Waals surface area (Å²) in [7, 11) is 0. The van der Waals surface area contributed by atoms with E-state index in [0.29, 0.717) is 42.9 Å². The van der Waals surface area contributed by atoms with E-state index >= 15 is 0 Å². The van der Waals surface area contributed by atoms with Crippen molar-refractivity contribution in [2.24, 2.45) is 11.8 Å². The van der Waals surface area contributed by atoms with Gasteiger partial charge in [-0.3, -0.25) is 14.4 Å². The molecule has 3 aliphatic heterocycles. The standard InChI is InChI=1S/C29H37ClN2O5S/c1-4-6-18-37-28(36)22-21-13-14-29(38-21)23(22)26(34)32(16-8-7-9-17-33)25(29)27(35)31(15-5-2)24-19(3)11-10-12-20(24)30/h4-5,10-12,21-23,25,33H,1-2,6-9,13-18H2,3H3/t21-,22+,23+,25?,29?/m1/s1. The van der Waals surface area contributed by atoms with E-state index in [4.69, 9.17) is 16.3 Å². The molecular formula is C29H37ClN2O5S. The van der Waals surface area contributed by atoms with E-state index in [1.807, 2.05) is 19.1 Å². The molecule has 4 rings (SSSR count). The largest absolute Gasteiger partial charge is 0.465 e. The molecule has 7 nitrogen and oxygen atoms in total. The number of thioether (sulfide) groups is 1. The second-order valence-corrected chi connectivity index (χ2v) is 12.3. The Bertz CT molecular complexity index is 1080. The molecule has 38 heavy (non-hydrogen) atoms. The number of hydrogen-bond donors (Lipinski definition) is 1. The minimum atomic E-state index is -0.731. The summed E-state index contributed by atoms with van der Waals surface area (Å²) in [6, 6.07) is 4.77. The number of aryl methyl sites for hydroxylation is 1. The molecule has 2 bridgehead atoms. The molecule has 3 fully saturated rings. The van der Waals surface area contributed by atoms with Crippen molar-refractivity contribution in [2.75, 3.05) is 31.2 Å². The van der Waals surface area contributed by atoms with Gasteiger partial charge in [-0.2, -0.15) is 0 Å². The number of anilines is 1. The molecule has 3 heterocycles. The molecule has 9 heteroatoms. The van der Waals surface area contributed by atoms with E-state index < -0.39 is 22.6 Å². The lowest BCUT2D eigenvalue weighted by atomic mass is 9.71. The lowest BCUT2D eigenvalue weighted by Crippen LogP contribution is -2.55. The third-order valence-electron chi connectivity index (χ3n) is 7.97. The van der Waals surface area contributed by atoms with Gasteiger partial charge in [0.25, 0.3) is 5.91 Å². The molecular weight excluding hydrogens is 524 g/mol. The first-order valence-electron chi connectivity index (χ1n) is 13.4. The average molecular weight is 561 g/mol. The maximum Gasteiger partial charge on any atom is 0.310 e. The van der Waals surface area contributed by atoms with Gasteiger partial charge >= 0.3 is 5.97 Å². The predicted octanol–water partition coefficient (Wildman–Crippen LogP) is 4.54. The molecule has 2 amide bonds. The second kappa shape index (κ2) is 12.3. The predicted molar refractivity (Wildman–Crippen MR) is 151 cm³/mol.